The number of aliphatic hydroxyl groups excluding tert-OH is 1. The van der Waals surface area contributed by atoms with Crippen LogP contribution in [0.4, 0.5) is 4.79 Å². The predicted molar refractivity (Wildman–Crippen MR) is 72.6 cm³/mol. The molecule has 0 saturated carbocycles. The molecule has 0 aromatic rings. The third-order valence-corrected chi connectivity index (χ3v) is 2.32. The van der Waals surface area contributed by atoms with Gasteiger partial charge < -0.3 is 20.5 Å². The monoisotopic (exact) mass is 260 g/mol. The van der Waals surface area contributed by atoms with Crippen LogP contribution in [0, 0.1) is 0 Å². The number of aliphatic hydroxyl groups is 1. The molecule has 1 atom stereocenters. The van der Waals surface area contributed by atoms with E-state index in [0.29, 0.717) is 6.54 Å². The first kappa shape index (κ1) is 17.2. The number of amides is 1. The molecule has 0 spiro atoms. The second kappa shape index (κ2) is 9.16. The maximum atomic E-state index is 11.3. The number of hydrogen-bond acceptors (Lipinski definition) is 4. The van der Waals surface area contributed by atoms with E-state index in [9.17, 15) is 9.90 Å². The van der Waals surface area contributed by atoms with Crippen LogP contribution in [-0.2, 0) is 4.74 Å². The van der Waals surface area contributed by atoms with Crippen LogP contribution in [0.25, 0.3) is 0 Å². The second-order valence-electron chi connectivity index (χ2n) is 5.38. The highest BCUT2D eigenvalue weighted by atomic mass is 16.6. The van der Waals surface area contributed by atoms with E-state index < -0.39 is 5.60 Å². The summed E-state index contributed by atoms with van der Waals surface area (Å²) in [5.74, 6) is 0. The van der Waals surface area contributed by atoms with Crippen LogP contribution in [0.2, 0.25) is 0 Å². The zero-order chi connectivity index (χ0) is 14.0. The average Bonchev–Trinajstić information content (AvgIpc) is 2.25. The van der Waals surface area contributed by atoms with Gasteiger partial charge in [-0.2, -0.15) is 0 Å². The summed E-state index contributed by atoms with van der Waals surface area (Å²) in [7, 11) is 0. The lowest BCUT2D eigenvalue weighted by Gasteiger charge is -2.19. The number of hydrogen-bond donors (Lipinski definition) is 3. The summed E-state index contributed by atoms with van der Waals surface area (Å²) in [6.07, 6.45) is 1.83. The fraction of sp³-hybridized carbons (Fsp3) is 0.923. The van der Waals surface area contributed by atoms with Gasteiger partial charge in [0.25, 0.3) is 0 Å². The Balaban J connectivity index is 3.33. The number of ether oxygens (including phenoxy) is 1. The van der Waals surface area contributed by atoms with E-state index in [-0.39, 0.29) is 12.2 Å². The van der Waals surface area contributed by atoms with Gasteiger partial charge >= 0.3 is 6.09 Å². The van der Waals surface area contributed by atoms with Crippen molar-refractivity contribution >= 4 is 6.09 Å². The first-order valence-electron chi connectivity index (χ1n) is 6.70. The molecule has 0 aliphatic rings. The highest BCUT2D eigenvalue weighted by molar-refractivity contribution is 5.67. The molecule has 0 saturated heterocycles. The molecule has 0 aromatic carbocycles. The van der Waals surface area contributed by atoms with Crippen molar-refractivity contribution in [2.24, 2.45) is 0 Å². The smallest absolute Gasteiger partial charge is 0.407 e. The van der Waals surface area contributed by atoms with Crippen molar-refractivity contribution in [2.45, 2.75) is 58.7 Å². The van der Waals surface area contributed by atoms with Crippen molar-refractivity contribution in [3.63, 3.8) is 0 Å². The Morgan fingerprint density at radius 1 is 1.28 bits per heavy atom. The van der Waals surface area contributed by atoms with Gasteiger partial charge in [0.2, 0.25) is 0 Å². The van der Waals surface area contributed by atoms with Crippen molar-refractivity contribution in [3.05, 3.63) is 0 Å². The third kappa shape index (κ3) is 11.7. The Morgan fingerprint density at radius 3 is 2.50 bits per heavy atom. The Bertz CT molecular complexity index is 227. The van der Waals surface area contributed by atoms with Gasteiger partial charge in [-0.3, -0.25) is 0 Å². The molecule has 5 heteroatoms. The Labute approximate surface area is 110 Å². The van der Waals surface area contributed by atoms with Crippen LogP contribution in [0.15, 0.2) is 0 Å². The van der Waals surface area contributed by atoms with E-state index in [1.807, 2.05) is 27.7 Å². The number of alkyl carbamates (subject to hydrolysis) is 1. The first-order chi connectivity index (χ1) is 8.35. The third-order valence-electron chi connectivity index (χ3n) is 2.32. The molecule has 0 heterocycles. The van der Waals surface area contributed by atoms with Gasteiger partial charge in [0.1, 0.15) is 5.60 Å². The fourth-order valence-electron chi connectivity index (χ4n) is 1.32. The molecule has 1 amide bonds. The van der Waals surface area contributed by atoms with Crippen molar-refractivity contribution in [2.75, 3.05) is 19.6 Å². The molecular formula is C13H28N2O3. The van der Waals surface area contributed by atoms with Gasteiger partial charge in [0.15, 0.2) is 0 Å². The van der Waals surface area contributed by atoms with Crippen molar-refractivity contribution in [1.29, 1.82) is 0 Å². The summed E-state index contributed by atoms with van der Waals surface area (Å²) in [6.45, 7) is 9.72. The lowest BCUT2D eigenvalue weighted by atomic mass is 10.2. The van der Waals surface area contributed by atoms with E-state index in [2.05, 4.69) is 10.6 Å². The molecular weight excluding hydrogens is 232 g/mol. The fourth-order valence-corrected chi connectivity index (χ4v) is 1.32. The summed E-state index contributed by atoms with van der Waals surface area (Å²) >= 11 is 0. The molecule has 0 aliphatic heterocycles. The van der Waals surface area contributed by atoms with Crippen LogP contribution in [0.5, 0.6) is 0 Å². The molecule has 3 N–H and O–H groups in total. The predicted octanol–water partition coefficient (Wildman–Crippen LogP) is 1.65. The summed E-state index contributed by atoms with van der Waals surface area (Å²) in [5, 5.41) is 15.2. The zero-order valence-corrected chi connectivity index (χ0v) is 12.1. The zero-order valence-electron chi connectivity index (χ0n) is 12.1. The van der Waals surface area contributed by atoms with Crippen molar-refractivity contribution in [1.82, 2.24) is 10.6 Å². The standard InChI is InChI=1S/C13H28N2O3/c1-5-11(16)7-10-14-8-6-9-15-12(17)18-13(2,3)4/h11,14,16H,5-10H2,1-4H3,(H,15,17). The summed E-state index contributed by atoms with van der Waals surface area (Å²) in [4.78, 5) is 11.3. The van der Waals surface area contributed by atoms with Gasteiger partial charge in [-0.25, -0.2) is 4.79 Å². The number of carbonyl (C=O) groups is 1. The molecule has 0 bridgehead atoms. The molecule has 0 radical (unpaired) electrons. The van der Waals surface area contributed by atoms with Gasteiger partial charge in [0.05, 0.1) is 6.10 Å². The minimum absolute atomic E-state index is 0.211. The molecule has 108 valence electrons. The highest BCUT2D eigenvalue weighted by Gasteiger charge is 2.15. The minimum atomic E-state index is -0.446. The average molecular weight is 260 g/mol. The largest absolute Gasteiger partial charge is 0.444 e. The molecule has 0 rings (SSSR count). The first-order valence-corrected chi connectivity index (χ1v) is 6.70. The van der Waals surface area contributed by atoms with E-state index in [0.717, 1.165) is 32.4 Å². The van der Waals surface area contributed by atoms with Crippen LogP contribution in [0.1, 0.15) is 47.0 Å². The summed E-state index contributed by atoms with van der Waals surface area (Å²) in [5.41, 5.74) is -0.446. The quantitative estimate of drug-likeness (QED) is 0.580. The second-order valence-corrected chi connectivity index (χ2v) is 5.38. The van der Waals surface area contributed by atoms with Crippen LogP contribution < -0.4 is 10.6 Å². The molecule has 5 nitrogen and oxygen atoms in total. The normalized spacial score (nSPS) is 13.2. The van der Waals surface area contributed by atoms with Gasteiger partial charge in [-0.1, -0.05) is 6.92 Å². The molecule has 0 aliphatic carbocycles. The molecule has 1 unspecified atom stereocenters. The molecule has 18 heavy (non-hydrogen) atoms. The van der Waals surface area contributed by atoms with Crippen LogP contribution in [0.3, 0.4) is 0 Å². The highest BCUT2D eigenvalue weighted by Crippen LogP contribution is 2.06. The topological polar surface area (TPSA) is 70.6 Å². The van der Waals surface area contributed by atoms with Crippen molar-refractivity contribution < 1.29 is 14.6 Å². The minimum Gasteiger partial charge on any atom is -0.444 e. The number of nitrogens with one attached hydrogen (secondary N) is 2. The van der Waals surface area contributed by atoms with Crippen LogP contribution >= 0.6 is 0 Å². The Hall–Kier alpha value is -0.810. The van der Waals surface area contributed by atoms with Gasteiger partial charge in [0, 0.05) is 6.54 Å². The molecule has 0 aromatic heterocycles. The number of carbonyl (C=O) groups excluding carboxylic acids is 1. The summed E-state index contributed by atoms with van der Waals surface area (Å²) < 4.78 is 5.11. The summed E-state index contributed by atoms with van der Waals surface area (Å²) in [6, 6.07) is 0. The van der Waals surface area contributed by atoms with E-state index in [1.165, 1.54) is 0 Å². The Kier molecular flexibility index (Phi) is 8.75. The van der Waals surface area contributed by atoms with Crippen LogP contribution in [-0.4, -0.2) is 42.5 Å². The molecule has 0 fully saturated rings. The maximum Gasteiger partial charge on any atom is 0.407 e. The lowest BCUT2D eigenvalue weighted by Crippen LogP contribution is -2.34. The SMILES string of the molecule is CCC(O)CCNCCCNC(=O)OC(C)(C)C. The maximum absolute atomic E-state index is 11.3. The van der Waals surface area contributed by atoms with E-state index >= 15 is 0 Å². The van der Waals surface area contributed by atoms with E-state index in [4.69, 9.17) is 4.74 Å². The van der Waals surface area contributed by atoms with Gasteiger partial charge in [-0.15, -0.1) is 0 Å². The lowest BCUT2D eigenvalue weighted by molar-refractivity contribution is 0.0527. The van der Waals surface area contributed by atoms with Gasteiger partial charge in [-0.05, 0) is 53.1 Å². The van der Waals surface area contributed by atoms with E-state index in [1.54, 1.807) is 0 Å². The number of rotatable bonds is 8. The van der Waals surface area contributed by atoms with Crippen molar-refractivity contribution in [3.8, 4) is 0 Å². The Morgan fingerprint density at radius 2 is 1.94 bits per heavy atom.